The van der Waals surface area contributed by atoms with Crippen molar-refractivity contribution >= 4 is 39.3 Å². The van der Waals surface area contributed by atoms with Gasteiger partial charge in [0.05, 0.1) is 18.5 Å². The van der Waals surface area contributed by atoms with E-state index in [0.29, 0.717) is 32.0 Å². The Morgan fingerprint density at radius 2 is 2.16 bits per heavy atom. The van der Waals surface area contributed by atoms with Crippen molar-refractivity contribution in [3.05, 3.63) is 22.7 Å². The molecular weight excluding hydrogens is 328 g/mol. The number of benzene rings is 1. The van der Waals surface area contributed by atoms with Gasteiger partial charge < -0.3 is 15.4 Å². The average Bonchev–Trinajstić information content (AvgIpc) is 2.42. The molecule has 0 radical (unpaired) electrons. The number of hydrogen-bond donors (Lipinski definition) is 1. The fraction of sp³-hybridized carbons (Fsp3) is 0.462. The molecule has 1 amide bonds. The Bertz CT molecular complexity index is 464. The smallest absolute Gasteiger partial charge is 0.235 e. The number of nitrogens with zero attached hydrogens (tertiary/aromatic N) is 1. The third-order valence-corrected chi connectivity index (χ3v) is 4.62. The second-order valence-corrected chi connectivity index (χ2v) is 6.68. The first kappa shape index (κ1) is 14.7. The maximum Gasteiger partial charge on any atom is 0.235 e. The molecule has 0 bridgehead atoms. The summed E-state index contributed by atoms with van der Waals surface area (Å²) in [7, 11) is 0. The number of carbonyl (C=O) groups is 1. The van der Waals surface area contributed by atoms with Gasteiger partial charge in [-0.3, -0.25) is 4.79 Å². The molecule has 1 aromatic carbocycles. The van der Waals surface area contributed by atoms with E-state index in [0.717, 1.165) is 9.37 Å². The van der Waals surface area contributed by atoms with Gasteiger partial charge in [0.2, 0.25) is 5.91 Å². The average molecular weight is 345 g/mol. The summed E-state index contributed by atoms with van der Waals surface area (Å²) < 4.78 is 6.20. The molecule has 19 heavy (non-hydrogen) atoms. The molecule has 0 spiro atoms. The number of thioether (sulfide) groups is 1. The highest BCUT2D eigenvalue weighted by Crippen LogP contribution is 2.31. The highest BCUT2D eigenvalue weighted by Gasteiger charge is 2.23. The molecule has 1 aliphatic heterocycles. The minimum atomic E-state index is -0.137. The Morgan fingerprint density at radius 3 is 2.79 bits per heavy atom. The topological polar surface area (TPSA) is 55.6 Å². The summed E-state index contributed by atoms with van der Waals surface area (Å²) in [5.41, 5.74) is 6.65. The molecule has 0 aliphatic carbocycles. The fourth-order valence-electron chi connectivity index (χ4n) is 1.91. The van der Waals surface area contributed by atoms with Crippen molar-refractivity contribution in [2.45, 2.75) is 17.1 Å². The van der Waals surface area contributed by atoms with Crippen molar-refractivity contribution in [1.82, 2.24) is 4.90 Å². The second kappa shape index (κ2) is 6.63. The standard InChI is InChI=1S/C13H17BrN2O2S/c1-9(13(17)16-4-6-18-7-5-16)19-12-3-2-10(14)8-11(12)15/h2-3,8-9H,4-7,15H2,1H3. The van der Waals surface area contributed by atoms with Gasteiger partial charge in [0.15, 0.2) is 0 Å². The maximum atomic E-state index is 12.3. The highest BCUT2D eigenvalue weighted by molar-refractivity contribution is 9.10. The lowest BCUT2D eigenvalue weighted by atomic mass is 10.3. The number of halogens is 1. The fourth-order valence-corrected chi connectivity index (χ4v) is 3.26. The molecule has 1 aromatic rings. The van der Waals surface area contributed by atoms with Crippen LogP contribution in [0.25, 0.3) is 0 Å². The minimum absolute atomic E-state index is 0.137. The van der Waals surface area contributed by atoms with Crippen molar-refractivity contribution in [1.29, 1.82) is 0 Å². The number of morpholine rings is 1. The van der Waals surface area contributed by atoms with Gasteiger partial charge in [-0.2, -0.15) is 0 Å². The van der Waals surface area contributed by atoms with Gasteiger partial charge in [-0.15, -0.1) is 11.8 Å². The normalized spacial score (nSPS) is 17.3. The summed E-state index contributed by atoms with van der Waals surface area (Å²) in [6.45, 7) is 4.54. The number of amides is 1. The Hall–Kier alpha value is -0.720. The van der Waals surface area contributed by atoms with Gasteiger partial charge in [0.1, 0.15) is 0 Å². The van der Waals surface area contributed by atoms with Gasteiger partial charge in [0, 0.05) is 28.1 Å². The van der Waals surface area contributed by atoms with E-state index in [1.165, 1.54) is 11.8 Å². The molecule has 1 atom stereocenters. The van der Waals surface area contributed by atoms with E-state index >= 15 is 0 Å². The van der Waals surface area contributed by atoms with E-state index in [1.54, 1.807) is 0 Å². The van der Waals surface area contributed by atoms with Crippen LogP contribution < -0.4 is 5.73 Å². The largest absolute Gasteiger partial charge is 0.398 e. The lowest BCUT2D eigenvalue weighted by molar-refractivity contribution is -0.134. The summed E-state index contributed by atoms with van der Waals surface area (Å²) >= 11 is 4.88. The van der Waals surface area contributed by atoms with Crippen molar-refractivity contribution in [3.8, 4) is 0 Å². The molecule has 0 aromatic heterocycles. The summed E-state index contributed by atoms with van der Waals surface area (Å²) in [4.78, 5) is 15.1. The summed E-state index contributed by atoms with van der Waals surface area (Å²) in [5.74, 6) is 0.149. The molecule has 6 heteroatoms. The van der Waals surface area contributed by atoms with Crippen molar-refractivity contribution < 1.29 is 9.53 Å². The zero-order chi connectivity index (χ0) is 13.8. The molecule has 1 aliphatic rings. The summed E-state index contributed by atoms with van der Waals surface area (Å²) in [6.07, 6.45) is 0. The minimum Gasteiger partial charge on any atom is -0.398 e. The first-order valence-corrected chi connectivity index (χ1v) is 7.83. The first-order valence-electron chi connectivity index (χ1n) is 6.16. The van der Waals surface area contributed by atoms with Crippen LogP contribution in [0.2, 0.25) is 0 Å². The van der Waals surface area contributed by atoms with E-state index < -0.39 is 0 Å². The monoisotopic (exact) mass is 344 g/mol. The van der Waals surface area contributed by atoms with Crippen LogP contribution in [0, 0.1) is 0 Å². The molecular formula is C13H17BrN2O2S. The van der Waals surface area contributed by atoms with E-state index in [4.69, 9.17) is 10.5 Å². The van der Waals surface area contributed by atoms with E-state index in [2.05, 4.69) is 15.9 Å². The van der Waals surface area contributed by atoms with Crippen LogP contribution in [-0.4, -0.2) is 42.4 Å². The molecule has 4 nitrogen and oxygen atoms in total. The first-order chi connectivity index (χ1) is 9.08. The molecule has 2 rings (SSSR count). The van der Waals surface area contributed by atoms with Gasteiger partial charge in [-0.25, -0.2) is 0 Å². The number of carbonyl (C=O) groups excluding carboxylic acids is 1. The lowest BCUT2D eigenvalue weighted by Crippen LogP contribution is -2.44. The Balaban J connectivity index is 1.99. The number of nitrogens with two attached hydrogens (primary N) is 1. The van der Waals surface area contributed by atoms with Gasteiger partial charge in [-0.05, 0) is 25.1 Å². The highest BCUT2D eigenvalue weighted by atomic mass is 79.9. The number of rotatable bonds is 3. The molecule has 0 saturated carbocycles. The van der Waals surface area contributed by atoms with Crippen LogP contribution in [0.1, 0.15) is 6.92 Å². The van der Waals surface area contributed by atoms with Crippen molar-refractivity contribution in [2.24, 2.45) is 0 Å². The number of hydrogen-bond acceptors (Lipinski definition) is 4. The number of nitrogen functional groups attached to an aromatic ring is 1. The lowest BCUT2D eigenvalue weighted by Gasteiger charge is -2.29. The maximum absolute atomic E-state index is 12.3. The third-order valence-electron chi connectivity index (χ3n) is 2.95. The molecule has 1 unspecified atom stereocenters. The number of anilines is 1. The molecule has 104 valence electrons. The van der Waals surface area contributed by atoms with Gasteiger partial charge in [0.25, 0.3) is 0 Å². The Morgan fingerprint density at radius 1 is 1.47 bits per heavy atom. The third kappa shape index (κ3) is 3.87. The molecule has 1 fully saturated rings. The molecule has 2 N–H and O–H groups in total. The summed E-state index contributed by atoms with van der Waals surface area (Å²) in [6, 6.07) is 5.73. The van der Waals surface area contributed by atoms with Crippen LogP contribution in [0.5, 0.6) is 0 Å². The molecule has 1 heterocycles. The SMILES string of the molecule is CC(Sc1ccc(Br)cc1N)C(=O)N1CCOCC1. The van der Waals surface area contributed by atoms with Crippen molar-refractivity contribution in [2.75, 3.05) is 32.0 Å². The van der Waals surface area contributed by atoms with Crippen LogP contribution in [0.3, 0.4) is 0 Å². The van der Waals surface area contributed by atoms with Gasteiger partial charge >= 0.3 is 0 Å². The van der Waals surface area contributed by atoms with Crippen LogP contribution >= 0.6 is 27.7 Å². The predicted octanol–water partition coefficient (Wildman–Crippen LogP) is 2.37. The van der Waals surface area contributed by atoms with Crippen LogP contribution in [-0.2, 0) is 9.53 Å². The van der Waals surface area contributed by atoms with Crippen molar-refractivity contribution in [3.63, 3.8) is 0 Å². The quantitative estimate of drug-likeness (QED) is 0.675. The van der Waals surface area contributed by atoms with E-state index in [-0.39, 0.29) is 11.2 Å². The zero-order valence-corrected chi connectivity index (χ0v) is 13.2. The number of ether oxygens (including phenoxy) is 1. The predicted molar refractivity (Wildman–Crippen MR) is 81.3 cm³/mol. The second-order valence-electron chi connectivity index (χ2n) is 4.38. The van der Waals surface area contributed by atoms with E-state index in [1.807, 2.05) is 30.0 Å². The van der Waals surface area contributed by atoms with Crippen LogP contribution in [0.15, 0.2) is 27.6 Å². The molecule has 1 saturated heterocycles. The summed E-state index contributed by atoms with van der Waals surface area (Å²) in [5, 5.41) is -0.137. The zero-order valence-electron chi connectivity index (χ0n) is 10.8. The Kier molecular flexibility index (Phi) is 5.13. The van der Waals surface area contributed by atoms with E-state index in [9.17, 15) is 4.79 Å². The van der Waals surface area contributed by atoms with Crippen LogP contribution in [0.4, 0.5) is 5.69 Å². The Labute approximate surface area is 125 Å². The van der Waals surface area contributed by atoms with Gasteiger partial charge in [-0.1, -0.05) is 15.9 Å².